The lowest BCUT2D eigenvalue weighted by Gasteiger charge is -2.07. The van der Waals surface area contributed by atoms with E-state index in [1.807, 2.05) is 14.0 Å². The first kappa shape index (κ1) is 12.6. The van der Waals surface area contributed by atoms with Crippen molar-refractivity contribution in [3.8, 4) is 5.75 Å². The summed E-state index contributed by atoms with van der Waals surface area (Å²) >= 11 is 6.12. The molecule has 2 aromatic rings. The van der Waals surface area contributed by atoms with Crippen LogP contribution in [-0.4, -0.2) is 16.1 Å². The molecule has 0 saturated heterocycles. The monoisotopic (exact) mass is 264 g/mol. The Morgan fingerprint density at radius 1 is 1.39 bits per heavy atom. The number of aryl methyl sites for hydroxylation is 2. The maximum atomic E-state index is 10.5. The fourth-order valence-electron chi connectivity index (χ4n) is 1.63. The smallest absolute Gasteiger partial charge is 0.150 e. The molecule has 0 aliphatic heterocycles. The van der Waals surface area contributed by atoms with Crippen LogP contribution in [-0.2, 0) is 13.7 Å². The Morgan fingerprint density at radius 2 is 2.06 bits per heavy atom. The fourth-order valence-corrected chi connectivity index (χ4v) is 1.85. The lowest BCUT2D eigenvalue weighted by Crippen LogP contribution is -2.03. The Bertz CT molecular complexity index is 561. The molecule has 0 N–H and O–H groups in total. The van der Waals surface area contributed by atoms with Crippen molar-refractivity contribution in [2.24, 2.45) is 7.05 Å². The number of aromatic nitrogens is 2. The van der Waals surface area contributed by atoms with Crippen molar-refractivity contribution >= 4 is 17.9 Å². The van der Waals surface area contributed by atoms with Crippen molar-refractivity contribution in [1.29, 1.82) is 0 Å². The van der Waals surface area contributed by atoms with E-state index in [4.69, 9.17) is 16.3 Å². The van der Waals surface area contributed by atoms with E-state index in [9.17, 15) is 4.79 Å². The fraction of sp³-hybridized carbons (Fsp3) is 0.231. The molecule has 5 heteroatoms. The van der Waals surface area contributed by atoms with Crippen molar-refractivity contribution < 1.29 is 9.53 Å². The summed E-state index contributed by atoms with van der Waals surface area (Å²) in [7, 11) is 1.83. The van der Waals surface area contributed by atoms with Crippen molar-refractivity contribution in [3.05, 3.63) is 46.2 Å². The Balaban J connectivity index is 2.08. The third kappa shape index (κ3) is 2.54. The highest BCUT2D eigenvalue weighted by Gasteiger charge is 2.11. The largest absolute Gasteiger partial charge is 0.487 e. The molecule has 0 aliphatic carbocycles. The molecule has 0 unspecified atom stereocenters. The van der Waals surface area contributed by atoms with Gasteiger partial charge in [0.05, 0.1) is 16.4 Å². The highest BCUT2D eigenvalue weighted by Crippen LogP contribution is 2.21. The summed E-state index contributed by atoms with van der Waals surface area (Å²) < 4.78 is 7.31. The van der Waals surface area contributed by atoms with Crippen LogP contribution in [0.4, 0.5) is 0 Å². The van der Waals surface area contributed by atoms with E-state index in [0.29, 0.717) is 22.9 Å². The number of carbonyl (C=O) groups is 1. The number of hydrogen-bond acceptors (Lipinski definition) is 3. The van der Waals surface area contributed by atoms with Gasteiger partial charge in [-0.1, -0.05) is 11.6 Å². The molecule has 18 heavy (non-hydrogen) atoms. The van der Waals surface area contributed by atoms with Gasteiger partial charge in [0.1, 0.15) is 18.6 Å². The van der Waals surface area contributed by atoms with E-state index in [-0.39, 0.29) is 0 Å². The number of ether oxygens (including phenoxy) is 1. The van der Waals surface area contributed by atoms with Gasteiger partial charge in [0.25, 0.3) is 0 Å². The van der Waals surface area contributed by atoms with Crippen molar-refractivity contribution in [1.82, 2.24) is 9.78 Å². The van der Waals surface area contributed by atoms with Crippen molar-refractivity contribution in [3.63, 3.8) is 0 Å². The van der Waals surface area contributed by atoms with E-state index < -0.39 is 0 Å². The SMILES string of the molecule is Cc1nn(C)c(COc2ccc(C=O)cc2)c1Cl. The molecule has 1 heterocycles. The summed E-state index contributed by atoms with van der Waals surface area (Å²) in [5, 5.41) is 4.84. The molecular weight excluding hydrogens is 252 g/mol. The number of aldehydes is 1. The zero-order valence-electron chi connectivity index (χ0n) is 10.2. The van der Waals surface area contributed by atoms with Gasteiger partial charge in [-0.3, -0.25) is 9.48 Å². The van der Waals surface area contributed by atoms with Gasteiger partial charge < -0.3 is 4.74 Å². The zero-order valence-corrected chi connectivity index (χ0v) is 10.9. The van der Waals surface area contributed by atoms with E-state index in [2.05, 4.69) is 5.10 Å². The second-order valence-corrected chi connectivity index (χ2v) is 4.32. The molecule has 0 fully saturated rings. The summed E-state index contributed by atoms with van der Waals surface area (Å²) in [4.78, 5) is 10.5. The number of benzene rings is 1. The Hall–Kier alpha value is -1.81. The Morgan fingerprint density at radius 3 is 2.56 bits per heavy atom. The summed E-state index contributed by atoms with van der Waals surface area (Å²) in [6.45, 7) is 2.20. The summed E-state index contributed by atoms with van der Waals surface area (Å²) in [6, 6.07) is 6.92. The first-order chi connectivity index (χ1) is 8.61. The van der Waals surface area contributed by atoms with Crippen LogP contribution in [0.2, 0.25) is 5.02 Å². The third-order valence-electron chi connectivity index (χ3n) is 2.65. The van der Waals surface area contributed by atoms with Crippen LogP contribution in [0.3, 0.4) is 0 Å². The number of carbonyl (C=O) groups excluding carboxylic acids is 1. The maximum Gasteiger partial charge on any atom is 0.150 e. The van der Waals surface area contributed by atoms with E-state index in [1.54, 1.807) is 28.9 Å². The van der Waals surface area contributed by atoms with Crippen LogP contribution < -0.4 is 4.74 Å². The van der Waals surface area contributed by atoms with Gasteiger partial charge in [0.2, 0.25) is 0 Å². The second kappa shape index (κ2) is 5.23. The highest BCUT2D eigenvalue weighted by atomic mass is 35.5. The quantitative estimate of drug-likeness (QED) is 0.798. The van der Waals surface area contributed by atoms with Crippen LogP contribution in [0, 0.1) is 6.92 Å². The first-order valence-corrected chi connectivity index (χ1v) is 5.85. The summed E-state index contributed by atoms with van der Waals surface area (Å²) in [5.41, 5.74) is 2.24. The predicted molar refractivity (Wildman–Crippen MR) is 69.1 cm³/mol. The first-order valence-electron chi connectivity index (χ1n) is 5.48. The van der Waals surface area contributed by atoms with E-state index >= 15 is 0 Å². The lowest BCUT2D eigenvalue weighted by atomic mass is 10.2. The van der Waals surface area contributed by atoms with Gasteiger partial charge in [-0.05, 0) is 31.2 Å². The molecule has 94 valence electrons. The predicted octanol–water partition coefficient (Wildman–Crippen LogP) is 2.77. The molecule has 0 amide bonds. The standard InChI is InChI=1S/C13H13ClN2O2/c1-9-13(14)12(16(2)15-9)8-18-11-5-3-10(7-17)4-6-11/h3-7H,8H2,1-2H3. The second-order valence-electron chi connectivity index (χ2n) is 3.95. The lowest BCUT2D eigenvalue weighted by molar-refractivity contribution is 0.112. The van der Waals surface area contributed by atoms with Gasteiger partial charge in [-0.25, -0.2) is 0 Å². The third-order valence-corrected chi connectivity index (χ3v) is 3.15. The summed E-state index contributed by atoms with van der Waals surface area (Å²) in [6.07, 6.45) is 0.797. The molecule has 4 nitrogen and oxygen atoms in total. The molecule has 0 aliphatic rings. The minimum atomic E-state index is 0.344. The van der Waals surface area contributed by atoms with E-state index in [0.717, 1.165) is 17.7 Å². The Labute approximate surface area is 110 Å². The van der Waals surface area contributed by atoms with E-state index in [1.165, 1.54) is 0 Å². The molecule has 0 saturated carbocycles. The molecule has 0 radical (unpaired) electrons. The molecule has 0 spiro atoms. The topological polar surface area (TPSA) is 44.1 Å². The average Bonchev–Trinajstić information content (AvgIpc) is 2.62. The van der Waals surface area contributed by atoms with Gasteiger partial charge in [-0.15, -0.1) is 0 Å². The summed E-state index contributed by atoms with van der Waals surface area (Å²) in [5.74, 6) is 0.690. The van der Waals surface area contributed by atoms with Gasteiger partial charge >= 0.3 is 0 Å². The number of hydrogen-bond donors (Lipinski definition) is 0. The molecule has 1 aromatic heterocycles. The minimum absolute atomic E-state index is 0.344. The van der Waals surface area contributed by atoms with Crippen LogP contribution in [0.1, 0.15) is 21.7 Å². The molecule has 1 aromatic carbocycles. The van der Waals surface area contributed by atoms with Crippen LogP contribution in [0.5, 0.6) is 5.75 Å². The highest BCUT2D eigenvalue weighted by molar-refractivity contribution is 6.31. The normalized spacial score (nSPS) is 10.4. The van der Waals surface area contributed by atoms with Gasteiger partial charge in [0, 0.05) is 12.6 Å². The molecule has 0 atom stereocenters. The zero-order chi connectivity index (χ0) is 13.1. The molecule has 0 bridgehead atoms. The maximum absolute atomic E-state index is 10.5. The van der Waals surface area contributed by atoms with Crippen molar-refractivity contribution in [2.75, 3.05) is 0 Å². The number of nitrogens with zero attached hydrogens (tertiary/aromatic N) is 2. The number of halogens is 1. The van der Waals surface area contributed by atoms with Crippen LogP contribution in [0.15, 0.2) is 24.3 Å². The molecular formula is C13H13ClN2O2. The molecule has 2 rings (SSSR count). The number of rotatable bonds is 4. The van der Waals surface area contributed by atoms with Gasteiger partial charge in [-0.2, -0.15) is 5.10 Å². The average molecular weight is 265 g/mol. The van der Waals surface area contributed by atoms with Crippen molar-refractivity contribution in [2.45, 2.75) is 13.5 Å². The minimum Gasteiger partial charge on any atom is -0.487 e. The van der Waals surface area contributed by atoms with Crippen LogP contribution >= 0.6 is 11.6 Å². The van der Waals surface area contributed by atoms with Gasteiger partial charge in [0.15, 0.2) is 0 Å². The van der Waals surface area contributed by atoms with Crippen LogP contribution in [0.25, 0.3) is 0 Å². The Kier molecular flexibility index (Phi) is 3.67.